The van der Waals surface area contributed by atoms with Gasteiger partial charge in [0.2, 0.25) is 10.0 Å². The van der Waals surface area contributed by atoms with Crippen molar-refractivity contribution in [2.24, 2.45) is 5.73 Å². The summed E-state index contributed by atoms with van der Waals surface area (Å²) < 4.78 is 40.7. The highest BCUT2D eigenvalue weighted by Crippen LogP contribution is 2.33. The summed E-state index contributed by atoms with van der Waals surface area (Å²) in [4.78, 5) is 11.9. The second-order valence-corrected chi connectivity index (χ2v) is 9.03. The molecule has 1 aromatic heterocycles. The average Bonchev–Trinajstić information content (AvgIpc) is 3.07. The largest absolute Gasteiger partial charge is 0.491 e. The molecule has 1 atom stereocenters. The lowest BCUT2D eigenvalue weighted by molar-refractivity contribution is -0.0249. The molecule has 0 saturated carbocycles. The van der Waals surface area contributed by atoms with Gasteiger partial charge in [-0.2, -0.15) is 4.31 Å². The lowest BCUT2D eigenvalue weighted by Gasteiger charge is -2.32. The number of halogens is 1. The molecule has 0 bridgehead atoms. The van der Waals surface area contributed by atoms with Crippen LogP contribution in [-0.4, -0.2) is 55.1 Å². The maximum Gasteiger partial charge on any atom is 0.268 e. The Hall–Kier alpha value is -2.59. The molecule has 0 radical (unpaired) electrons. The Kier molecular flexibility index (Phi) is 5.70. The van der Waals surface area contributed by atoms with Gasteiger partial charge < -0.3 is 15.2 Å². The molecule has 4 rings (SSSR count). The van der Waals surface area contributed by atoms with E-state index in [4.69, 9.17) is 27.0 Å². The molecule has 0 aliphatic carbocycles. The number of hydrogen-bond acceptors (Lipinski definition) is 5. The van der Waals surface area contributed by atoms with Gasteiger partial charge in [0.15, 0.2) is 0 Å². The topological polar surface area (TPSA) is 104 Å². The number of ether oxygens (including phenoxy) is 2. The third-order valence-corrected chi connectivity index (χ3v) is 7.18. The molecule has 1 fully saturated rings. The summed E-state index contributed by atoms with van der Waals surface area (Å²) in [5, 5.41) is 0.338. The van der Waals surface area contributed by atoms with E-state index < -0.39 is 22.0 Å². The van der Waals surface area contributed by atoms with Crippen molar-refractivity contribution in [1.82, 2.24) is 8.39 Å². The van der Waals surface area contributed by atoms with E-state index in [1.54, 1.807) is 24.3 Å². The normalized spacial score (nSPS) is 17.8. The van der Waals surface area contributed by atoms with Crippen LogP contribution in [0.3, 0.4) is 0 Å². The summed E-state index contributed by atoms with van der Waals surface area (Å²) in [5.41, 5.74) is 5.60. The van der Waals surface area contributed by atoms with Crippen LogP contribution in [0.25, 0.3) is 10.9 Å². The van der Waals surface area contributed by atoms with Gasteiger partial charge in [0.25, 0.3) is 5.91 Å². The molecule has 1 amide bonds. The van der Waals surface area contributed by atoms with E-state index in [-0.39, 0.29) is 36.9 Å². The first kappa shape index (κ1) is 20.7. The van der Waals surface area contributed by atoms with Crippen molar-refractivity contribution < 1.29 is 22.7 Å². The van der Waals surface area contributed by atoms with Gasteiger partial charge in [0.05, 0.1) is 12.1 Å². The minimum atomic E-state index is -4.07. The molecule has 1 saturated heterocycles. The highest BCUT2D eigenvalue weighted by molar-refractivity contribution is 7.89. The number of rotatable bonds is 6. The van der Waals surface area contributed by atoms with E-state index in [0.717, 1.165) is 4.09 Å². The van der Waals surface area contributed by atoms with E-state index >= 15 is 0 Å². The van der Waals surface area contributed by atoms with Crippen molar-refractivity contribution in [3.8, 4) is 5.75 Å². The van der Waals surface area contributed by atoms with Gasteiger partial charge in [0, 0.05) is 30.3 Å². The Bertz CT molecular complexity index is 1180. The molecule has 10 heteroatoms. The van der Waals surface area contributed by atoms with E-state index in [0.29, 0.717) is 16.7 Å². The molecule has 158 valence electrons. The van der Waals surface area contributed by atoms with Gasteiger partial charge in [-0.25, -0.2) is 12.5 Å². The Labute approximate surface area is 178 Å². The van der Waals surface area contributed by atoms with E-state index in [2.05, 4.69) is 0 Å². The fourth-order valence-electron chi connectivity index (χ4n) is 3.49. The number of nitrogens with zero attached hydrogens (tertiary/aromatic N) is 2. The molecule has 1 aliphatic rings. The second-order valence-electron chi connectivity index (χ2n) is 6.82. The SMILES string of the molecule is NC(=O)c1c(S(=O)(=O)N2CCOC(COc3ccccc3)C2)c2ccccc2n1Cl. The van der Waals surface area contributed by atoms with Crippen LogP contribution in [0, 0.1) is 0 Å². The van der Waals surface area contributed by atoms with E-state index in [1.165, 1.54) is 4.31 Å². The number of carbonyl (C=O) groups is 1. The maximum absolute atomic E-state index is 13.5. The smallest absolute Gasteiger partial charge is 0.268 e. The van der Waals surface area contributed by atoms with Crippen LogP contribution in [0.5, 0.6) is 5.75 Å². The van der Waals surface area contributed by atoms with E-state index in [9.17, 15) is 13.2 Å². The summed E-state index contributed by atoms with van der Waals surface area (Å²) in [6, 6.07) is 15.8. The molecule has 2 heterocycles. The number of nitrogens with two attached hydrogens (primary N) is 1. The van der Waals surface area contributed by atoms with Crippen LogP contribution in [0.1, 0.15) is 10.5 Å². The second kappa shape index (κ2) is 8.27. The highest BCUT2D eigenvalue weighted by Gasteiger charge is 2.37. The molecular formula is C20H20ClN3O5S. The number of morpholine rings is 1. The van der Waals surface area contributed by atoms with Gasteiger partial charge in [-0.3, -0.25) is 4.79 Å². The van der Waals surface area contributed by atoms with Gasteiger partial charge in [0.1, 0.15) is 29.0 Å². The predicted octanol–water partition coefficient (Wildman–Crippen LogP) is 2.21. The van der Waals surface area contributed by atoms with Crippen LogP contribution in [0.2, 0.25) is 0 Å². The minimum absolute atomic E-state index is 0.0785. The Morgan fingerprint density at radius 3 is 2.60 bits per heavy atom. The third kappa shape index (κ3) is 3.77. The molecule has 30 heavy (non-hydrogen) atoms. The number of sulfonamides is 1. The average molecular weight is 450 g/mol. The molecule has 2 aromatic carbocycles. The van der Waals surface area contributed by atoms with E-state index in [1.807, 2.05) is 30.3 Å². The zero-order chi connectivity index (χ0) is 21.3. The number of fused-ring (bicyclic) bond motifs is 1. The molecule has 1 unspecified atom stereocenters. The number of para-hydroxylation sites is 2. The minimum Gasteiger partial charge on any atom is -0.491 e. The van der Waals surface area contributed by atoms with Crippen molar-refractivity contribution >= 4 is 38.6 Å². The Balaban J connectivity index is 1.64. The van der Waals surface area contributed by atoms with Crippen molar-refractivity contribution in [2.75, 3.05) is 26.3 Å². The maximum atomic E-state index is 13.5. The van der Waals surface area contributed by atoms with Crippen molar-refractivity contribution in [1.29, 1.82) is 0 Å². The standard InChI is InChI=1S/C20H20ClN3O5S/c21-24-17-9-5-4-8-16(17)19(18(24)20(22)25)30(26,27)23-10-11-28-15(12-23)13-29-14-6-2-1-3-7-14/h1-9,15H,10-13H2,(H2,22,25). The first-order valence-electron chi connectivity index (χ1n) is 9.28. The Morgan fingerprint density at radius 1 is 1.17 bits per heavy atom. The lowest BCUT2D eigenvalue weighted by atomic mass is 10.2. The summed E-state index contributed by atoms with van der Waals surface area (Å²) in [6.45, 7) is 0.614. The van der Waals surface area contributed by atoms with Gasteiger partial charge >= 0.3 is 0 Å². The third-order valence-electron chi connectivity index (χ3n) is 4.88. The molecule has 1 aliphatic heterocycles. The number of hydrogen-bond donors (Lipinski definition) is 1. The first-order valence-corrected chi connectivity index (χ1v) is 11.1. The summed E-state index contributed by atoms with van der Waals surface area (Å²) in [6.07, 6.45) is -0.463. The fourth-order valence-corrected chi connectivity index (χ4v) is 5.68. The van der Waals surface area contributed by atoms with Gasteiger partial charge in [-0.1, -0.05) is 36.4 Å². The monoisotopic (exact) mass is 449 g/mol. The van der Waals surface area contributed by atoms with Crippen LogP contribution < -0.4 is 10.5 Å². The van der Waals surface area contributed by atoms with Crippen LogP contribution in [-0.2, 0) is 14.8 Å². The van der Waals surface area contributed by atoms with Crippen LogP contribution >= 0.6 is 11.8 Å². The Morgan fingerprint density at radius 2 is 1.87 bits per heavy atom. The number of benzene rings is 2. The van der Waals surface area contributed by atoms with Crippen LogP contribution in [0.4, 0.5) is 0 Å². The lowest BCUT2D eigenvalue weighted by Crippen LogP contribution is -2.47. The van der Waals surface area contributed by atoms with Crippen molar-refractivity contribution in [2.45, 2.75) is 11.0 Å². The van der Waals surface area contributed by atoms with Crippen molar-refractivity contribution in [3.05, 3.63) is 60.3 Å². The van der Waals surface area contributed by atoms with Gasteiger partial charge in [-0.15, -0.1) is 0 Å². The number of aromatic nitrogens is 1. The molecule has 3 aromatic rings. The summed E-state index contributed by atoms with van der Waals surface area (Å²) in [5.74, 6) is -0.251. The zero-order valence-electron chi connectivity index (χ0n) is 15.9. The highest BCUT2D eigenvalue weighted by atomic mass is 35.5. The van der Waals surface area contributed by atoms with Crippen molar-refractivity contribution in [3.63, 3.8) is 0 Å². The fraction of sp³-hybridized carbons (Fsp3) is 0.250. The summed E-state index contributed by atoms with van der Waals surface area (Å²) in [7, 11) is -4.07. The number of primary amides is 1. The molecule has 8 nitrogen and oxygen atoms in total. The zero-order valence-corrected chi connectivity index (χ0v) is 17.5. The number of carbonyl (C=O) groups excluding carboxylic acids is 1. The number of amides is 1. The molecule has 2 N–H and O–H groups in total. The predicted molar refractivity (Wildman–Crippen MR) is 112 cm³/mol. The van der Waals surface area contributed by atoms with Crippen LogP contribution in [0.15, 0.2) is 59.5 Å². The molecule has 0 spiro atoms. The first-order chi connectivity index (χ1) is 14.4. The quantitative estimate of drug-likeness (QED) is 0.621. The van der Waals surface area contributed by atoms with Gasteiger partial charge in [-0.05, 0) is 18.2 Å². The molecular weight excluding hydrogens is 430 g/mol. The summed E-state index contributed by atoms with van der Waals surface area (Å²) >= 11 is 6.24.